The van der Waals surface area contributed by atoms with E-state index in [0.29, 0.717) is 5.69 Å². The molecule has 8 heteroatoms. The number of sulfonamides is 1. The van der Waals surface area contributed by atoms with Gasteiger partial charge in [0, 0.05) is 25.3 Å². The summed E-state index contributed by atoms with van der Waals surface area (Å²) >= 11 is 0. The van der Waals surface area contributed by atoms with E-state index in [1.54, 1.807) is 0 Å². The first kappa shape index (κ1) is 22.6. The molecule has 0 spiro atoms. The number of carbonyl (C=O) groups excluding carboxylic acids is 2. The Labute approximate surface area is 172 Å². The van der Waals surface area contributed by atoms with Crippen molar-refractivity contribution in [2.75, 3.05) is 24.2 Å². The lowest BCUT2D eigenvalue weighted by atomic mass is 9.98. The molecule has 0 aliphatic heterocycles. The van der Waals surface area contributed by atoms with Crippen LogP contribution in [0.5, 0.6) is 0 Å². The molecule has 29 heavy (non-hydrogen) atoms. The van der Waals surface area contributed by atoms with E-state index in [2.05, 4.69) is 10.6 Å². The second kappa shape index (κ2) is 9.19. The Morgan fingerprint density at radius 1 is 1.03 bits per heavy atom. The van der Waals surface area contributed by atoms with Crippen molar-refractivity contribution < 1.29 is 18.0 Å². The van der Waals surface area contributed by atoms with Gasteiger partial charge in [0.05, 0.1) is 11.4 Å². The Kier molecular flexibility index (Phi) is 7.16. The normalized spacial score (nSPS) is 11.6. The van der Waals surface area contributed by atoms with Gasteiger partial charge in [0.25, 0.3) is 0 Å². The van der Waals surface area contributed by atoms with E-state index in [1.165, 1.54) is 38.2 Å². The van der Waals surface area contributed by atoms with Crippen molar-refractivity contribution in [1.29, 1.82) is 0 Å². The standard InChI is InChI=1S/C21H27N3O4S/c1-14(2)19-8-6-7-15(3)21(19)23-20(26)13-24(5)29(27,28)18-11-9-17(10-12-18)22-16(4)25/h6-12,14H,13H2,1-5H3,(H,22,25)(H,23,26). The van der Waals surface area contributed by atoms with Crippen molar-refractivity contribution in [3.05, 3.63) is 53.6 Å². The summed E-state index contributed by atoms with van der Waals surface area (Å²) in [7, 11) is -2.49. The third-order valence-electron chi connectivity index (χ3n) is 4.44. The number of aryl methyl sites for hydroxylation is 1. The Morgan fingerprint density at radius 2 is 1.66 bits per heavy atom. The molecule has 0 radical (unpaired) electrons. The highest BCUT2D eigenvalue weighted by molar-refractivity contribution is 7.89. The van der Waals surface area contributed by atoms with E-state index in [-0.39, 0.29) is 23.3 Å². The van der Waals surface area contributed by atoms with Crippen LogP contribution >= 0.6 is 0 Å². The average molecular weight is 418 g/mol. The first-order valence-corrected chi connectivity index (χ1v) is 10.7. The highest BCUT2D eigenvalue weighted by Gasteiger charge is 2.23. The molecule has 2 rings (SSSR count). The van der Waals surface area contributed by atoms with Crippen LogP contribution in [0.2, 0.25) is 0 Å². The predicted octanol–water partition coefficient (Wildman–Crippen LogP) is 3.34. The van der Waals surface area contributed by atoms with Gasteiger partial charge in [-0.15, -0.1) is 0 Å². The summed E-state index contributed by atoms with van der Waals surface area (Å²) in [5.41, 5.74) is 3.14. The van der Waals surface area contributed by atoms with Gasteiger partial charge in [-0.2, -0.15) is 4.31 Å². The van der Waals surface area contributed by atoms with Crippen LogP contribution in [0.4, 0.5) is 11.4 Å². The molecule has 0 unspecified atom stereocenters. The molecule has 0 aliphatic rings. The first-order chi connectivity index (χ1) is 13.5. The Hall–Kier alpha value is -2.71. The van der Waals surface area contributed by atoms with Gasteiger partial charge in [0.2, 0.25) is 21.8 Å². The van der Waals surface area contributed by atoms with Gasteiger partial charge in [-0.25, -0.2) is 8.42 Å². The fourth-order valence-electron chi connectivity index (χ4n) is 2.90. The molecule has 2 N–H and O–H groups in total. The molecular formula is C21H27N3O4S. The van der Waals surface area contributed by atoms with E-state index in [0.717, 1.165) is 21.1 Å². The number of anilines is 2. The number of amides is 2. The van der Waals surface area contributed by atoms with Gasteiger partial charge in [-0.05, 0) is 48.2 Å². The SMILES string of the molecule is CC(=O)Nc1ccc(S(=O)(=O)N(C)CC(=O)Nc2c(C)cccc2C(C)C)cc1. The Morgan fingerprint density at radius 3 is 2.21 bits per heavy atom. The van der Waals surface area contributed by atoms with Crippen LogP contribution in [0.25, 0.3) is 0 Å². The quantitative estimate of drug-likeness (QED) is 0.722. The van der Waals surface area contributed by atoms with Crippen LogP contribution in [-0.2, 0) is 19.6 Å². The smallest absolute Gasteiger partial charge is 0.243 e. The number of rotatable bonds is 7. The summed E-state index contributed by atoms with van der Waals surface area (Å²) in [6, 6.07) is 11.6. The van der Waals surface area contributed by atoms with Crippen molar-refractivity contribution in [3.8, 4) is 0 Å². The molecule has 2 aromatic rings. The van der Waals surface area contributed by atoms with Gasteiger partial charge >= 0.3 is 0 Å². The predicted molar refractivity (Wildman–Crippen MR) is 114 cm³/mol. The monoisotopic (exact) mass is 417 g/mol. The molecule has 0 fully saturated rings. The Balaban J connectivity index is 2.14. The fourth-order valence-corrected chi connectivity index (χ4v) is 4.03. The average Bonchev–Trinajstić information content (AvgIpc) is 2.63. The van der Waals surface area contributed by atoms with E-state index < -0.39 is 15.9 Å². The second-order valence-corrected chi connectivity index (χ2v) is 9.25. The number of para-hydroxylation sites is 1. The zero-order valence-electron chi connectivity index (χ0n) is 17.3. The van der Waals surface area contributed by atoms with Gasteiger partial charge in [0.15, 0.2) is 0 Å². The third-order valence-corrected chi connectivity index (χ3v) is 6.26. The Bertz CT molecular complexity index is 999. The van der Waals surface area contributed by atoms with E-state index in [9.17, 15) is 18.0 Å². The molecule has 0 heterocycles. The molecule has 0 aromatic heterocycles. The minimum atomic E-state index is -3.85. The second-order valence-electron chi connectivity index (χ2n) is 7.21. The first-order valence-electron chi connectivity index (χ1n) is 9.25. The van der Waals surface area contributed by atoms with Crippen LogP contribution in [0.15, 0.2) is 47.4 Å². The number of likely N-dealkylation sites (N-methyl/N-ethyl adjacent to an activating group) is 1. The number of benzene rings is 2. The van der Waals surface area contributed by atoms with Crippen LogP contribution in [0, 0.1) is 6.92 Å². The molecule has 2 amide bonds. The highest BCUT2D eigenvalue weighted by Crippen LogP contribution is 2.27. The van der Waals surface area contributed by atoms with Gasteiger partial charge in [-0.3, -0.25) is 9.59 Å². The van der Waals surface area contributed by atoms with Crippen LogP contribution in [-0.4, -0.2) is 38.1 Å². The van der Waals surface area contributed by atoms with Crippen molar-refractivity contribution in [2.24, 2.45) is 0 Å². The van der Waals surface area contributed by atoms with Crippen LogP contribution in [0.3, 0.4) is 0 Å². The van der Waals surface area contributed by atoms with Crippen LogP contribution < -0.4 is 10.6 Å². The molecule has 0 aliphatic carbocycles. The summed E-state index contributed by atoms with van der Waals surface area (Å²) in [4.78, 5) is 23.7. The van der Waals surface area contributed by atoms with Crippen molar-refractivity contribution in [3.63, 3.8) is 0 Å². The molecule has 156 valence electrons. The minimum Gasteiger partial charge on any atom is -0.326 e. The minimum absolute atomic E-state index is 0.0423. The highest BCUT2D eigenvalue weighted by atomic mass is 32.2. The molecule has 7 nitrogen and oxygen atoms in total. The van der Waals surface area contributed by atoms with Crippen molar-refractivity contribution in [1.82, 2.24) is 4.31 Å². The van der Waals surface area contributed by atoms with E-state index >= 15 is 0 Å². The van der Waals surface area contributed by atoms with Crippen molar-refractivity contribution in [2.45, 2.75) is 38.5 Å². The maximum absolute atomic E-state index is 12.8. The maximum atomic E-state index is 12.8. The number of nitrogens with zero attached hydrogens (tertiary/aromatic N) is 1. The van der Waals surface area contributed by atoms with Gasteiger partial charge in [0.1, 0.15) is 0 Å². The summed E-state index contributed by atoms with van der Waals surface area (Å²) < 4.78 is 26.5. The number of hydrogen-bond donors (Lipinski definition) is 2. The molecule has 2 aromatic carbocycles. The fraction of sp³-hybridized carbons (Fsp3) is 0.333. The topological polar surface area (TPSA) is 95.6 Å². The molecule has 0 atom stereocenters. The number of carbonyl (C=O) groups is 2. The molecule has 0 saturated heterocycles. The van der Waals surface area contributed by atoms with E-state index in [1.807, 2.05) is 39.0 Å². The largest absolute Gasteiger partial charge is 0.326 e. The molecular weight excluding hydrogens is 390 g/mol. The lowest BCUT2D eigenvalue weighted by Crippen LogP contribution is -2.35. The summed E-state index contributed by atoms with van der Waals surface area (Å²) in [5.74, 6) is -0.442. The number of nitrogens with one attached hydrogen (secondary N) is 2. The van der Waals surface area contributed by atoms with E-state index in [4.69, 9.17) is 0 Å². The number of hydrogen-bond acceptors (Lipinski definition) is 4. The van der Waals surface area contributed by atoms with Crippen LogP contribution in [0.1, 0.15) is 37.8 Å². The summed E-state index contributed by atoms with van der Waals surface area (Å²) in [6.07, 6.45) is 0. The van der Waals surface area contributed by atoms with Crippen molar-refractivity contribution >= 4 is 33.2 Å². The summed E-state index contributed by atoms with van der Waals surface area (Å²) in [5, 5.41) is 5.43. The lowest BCUT2D eigenvalue weighted by molar-refractivity contribution is -0.116. The maximum Gasteiger partial charge on any atom is 0.243 e. The lowest BCUT2D eigenvalue weighted by Gasteiger charge is -2.20. The zero-order chi connectivity index (χ0) is 21.8. The third kappa shape index (κ3) is 5.65. The molecule has 0 saturated carbocycles. The zero-order valence-corrected chi connectivity index (χ0v) is 18.1. The van der Waals surface area contributed by atoms with Gasteiger partial charge < -0.3 is 10.6 Å². The summed E-state index contributed by atoms with van der Waals surface area (Å²) in [6.45, 7) is 7.02. The molecule has 0 bridgehead atoms. The van der Waals surface area contributed by atoms with Gasteiger partial charge in [-0.1, -0.05) is 32.0 Å².